The number of hydrogen-bond acceptors (Lipinski definition) is 5. The smallest absolute Gasteiger partial charge is 0.255 e. The number of carbonyl (C=O) groups is 1. The van der Waals surface area contributed by atoms with Crippen molar-refractivity contribution < 1.29 is 19.0 Å². The molecule has 0 aliphatic carbocycles. The first-order valence-electron chi connectivity index (χ1n) is 8.67. The maximum absolute atomic E-state index is 12.6. The van der Waals surface area contributed by atoms with Crippen molar-refractivity contribution in [1.82, 2.24) is 5.32 Å². The van der Waals surface area contributed by atoms with Gasteiger partial charge < -0.3 is 25.3 Å². The molecule has 8 heteroatoms. The maximum Gasteiger partial charge on any atom is 0.255 e. The van der Waals surface area contributed by atoms with Crippen molar-refractivity contribution in [3.05, 3.63) is 52.0 Å². The zero-order chi connectivity index (χ0) is 19.8. The van der Waals surface area contributed by atoms with E-state index in [9.17, 15) is 4.79 Å². The SMILES string of the molecule is CCOCCOc1cc(C)ccc1CNC(=O)c1cc(Cl)c(N)cc1OC.Cl. The Kier molecular flexibility index (Phi) is 9.93. The predicted molar refractivity (Wildman–Crippen MR) is 114 cm³/mol. The molecule has 0 radical (unpaired) electrons. The number of methoxy groups -OCH3 is 1. The van der Waals surface area contributed by atoms with Crippen LogP contribution in [-0.4, -0.2) is 32.8 Å². The monoisotopic (exact) mass is 428 g/mol. The average Bonchev–Trinajstić information content (AvgIpc) is 2.66. The topological polar surface area (TPSA) is 82.8 Å². The maximum atomic E-state index is 12.6. The molecule has 6 nitrogen and oxygen atoms in total. The first-order valence-corrected chi connectivity index (χ1v) is 9.05. The van der Waals surface area contributed by atoms with Crippen LogP contribution in [0.4, 0.5) is 5.69 Å². The van der Waals surface area contributed by atoms with Crippen LogP contribution in [0.2, 0.25) is 5.02 Å². The van der Waals surface area contributed by atoms with Crippen molar-refractivity contribution in [2.24, 2.45) is 0 Å². The van der Waals surface area contributed by atoms with E-state index in [2.05, 4.69) is 5.32 Å². The molecular weight excluding hydrogens is 403 g/mol. The van der Waals surface area contributed by atoms with Gasteiger partial charge in [0.2, 0.25) is 0 Å². The van der Waals surface area contributed by atoms with E-state index in [0.717, 1.165) is 16.9 Å². The largest absolute Gasteiger partial charge is 0.496 e. The van der Waals surface area contributed by atoms with Crippen LogP contribution in [0, 0.1) is 6.92 Å². The summed E-state index contributed by atoms with van der Waals surface area (Å²) in [5, 5.41) is 3.17. The Morgan fingerprint density at radius 3 is 2.61 bits per heavy atom. The molecule has 3 N–H and O–H groups in total. The molecule has 0 saturated heterocycles. The van der Waals surface area contributed by atoms with Gasteiger partial charge in [0.05, 0.1) is 30.0 Å². The minimum absolute atomic E-state index is 0. The zero-order valence-electron chi connectivity index (χ0n) is 16.2. The van der Waals surface area contributed by atoms with Gasteiger partial charge in [-0.15, -0.1) is 12.4 Å². The minimum atomic E-state index is -0.311. The number of nitrogens with two attached hydrogens (primary N) is 1. The first-order chi connectivity index (χ1) is 13.0. The Hall–Kier alpha value is -2.15. The standard InChI is InChI=1S/C20H25ClN2O4.ClH/c1-4-26-7-8-27-18-9-13(2)5-6-14(18)12-23-20(24)15-10-16(21)17(22)11-19(15)25-3;/h5-6,9-11H,4,7-8,12,22H2,1-3H3,(H,23,24);1H. The van der Waals surface area contributed by atoms with E-state index >= 15 is 0 Å². The second-order valence-corrected chi connectivity index (χ2v) is 6.32. The molecule has 0 fully saturated rings. The molecule has 0 saturated carbocycles. The highest BCUT2D eigenvalue weighted by Crippen LogP contribution is 2.29. The lowest BCUT2D eigenvalue weighted by Crippen LogP contribution is -2.24. The molecule has 2 aromatic carbocycles. The molecule has 0 bridgehead atoms. The van der Waals surface area contributed by atoms with Gasteiger partial charge in [0.15, 0.2) is 0 Å². The van der Waals surface area contributed by atoms with Crippen LogP contribution in [0.1, 0.15) is 28.4 Å². The summed E-state index contributed by atoms with van der Waals surface area (Å²) in [4.78, 5) is 12.6. The Bertz CT molecular complexity index is 800. The lowest BCUT2D eigenvalue weighted by atomic mass is 10.1. The van der Waals surface area contributed by atoms with E-state index in [1.807, 2.05) is 32.0 Å². The van der Waals surface area contributed by atoms with Gasteiger partial charge in [-0.25, -0.2) is 0 Å². The van der Waals surface area contributed by atoms with E-state index in [0.29, 0.717) is 48.4 Å². The molecule has 154 valence electrons. The van der Waals surface area contributed by atoms with Crippen molar-refractivity contribution in [2.45, 2.75) is 20.4 Å². The third kappa shape index (κ3) is 6.48. The Labute approximate surface area is 176 Å². The Balaban J connectivity index is 0.00000392. The molecule has 28 heavy (non-hydrogen) atoms. The van der Waals surface area contributed by atoms with Crippen LogP contribution in [0.15, 0.2) is 30.3 Å². The van der Waals surface area contributed by atoms with Gasteiger partial charge in [-0.2, -0.15) is 0 Å². The Morgan fingerprint density at radius 2 is 1.93 bits per heavy atom. The van der Waals surface area contributed by atoms with E-state index in [-0.39, 0.29) is 18.3 Å². The highest BCUT2D eigenvalue weighted by molar-refractivity contribution is 6.33. The van der Waals surface area contributed by atoms with Gasteiger partial charge in [0.1, 0.15) is 18.1 Å². The Morgan fingerprint density at radius 1 is 1.18 bits per heavy atom. The van der Waals surface area contributed by atoms with Crippen molar-refractivity contribution in [2.75, 3.05) is 32.7 Å². The minimum Gasteiger partial charge on any atom is -0.496 e. The van der Waals surface area contributed by atoms with Gasteiger partial charge in [-0.3, -0.25) is 4.79 Å². The number of amides is 1. The summed E-state index contributed by atoms with van der Waals surface area (Å²) in [7, 11) is 1.48. The van der Waals surface area contributed by atoms with Gasteiger partial charge in [0, 0.05) is 24.8 Å². The number of aryl methyl sites for hydroxylation is 1. The number of ether oxygens (including phenoxy) is 3. The van der Waals surface area contributed by atoms with Gasteiger partial charge >= 0.3 is 0 Å². The second-order valence-electron chi connectivity index (χ2n) is 5.91. The predicted octanol–water partition coefficient (Wildman–Crippen LogP) is 4.01. The summed E-state index contributed by atoms with van der Waals surface area (Å²) >= 11 is 6.04. The summed E-state index contributed by atoms with van der Waals surface area (Å²) < 4.78 is 16.3. The third-order valence-electron chi connectivity index (χ3n) is 3.91. The van der Waals surface area contributed by atoms with Crippen LogP contribution in [0.5, 0.6) is 11.5 Å². The lowest BCUT2D eigenvalue weighted by molar-refractivity contribution is 0.0946. The van der Waals surface area contributed by atoms with Crippen molar-refractivity contribution in [1.29, 1.82) is 0 Å². The number of rotatable bonds is 9. The summed E-state index contributed by atoms with van der Waals surface area (Å²) in [6.45, 7) is 5.82. The highest BCUT2D eigenvalue weighted by atomic mass is 35.5. The van der Waals surface area contributed by atoms with Crippen molar-refractivity contribution >= 4 is 35.6 Å². The molecule has 2 rings (SSSR count). The fourth-order valence-corrected chi connectivity index (χ4v) is 2.65. The molecule has 0 spiro atoms. The van der Waals surface area contributed by atoms with Crippen LogP contribution in [-0.2, 0) is 11.3 Å². The first kappa shape index (κ1) is 23.9. The van der Waals surface area contributed by atoms with Gasteiger partial charge in [0.25, 0.3) is 5.91 Å². The van der Waals surface area contributed by atoms with Crippen LogP contribution in [0.3, 0.4) is 0 Å². The number of benzene rings is 2. The van der Waals surface area contributed by atoms with Crippen LogP contribution >= 0.6 is 24.0 Å². The van der Waals surface area contributed by atoms with E-state index in [1.54, 1.807) is 0 Å². The van der Waals surface area contributed by atoms with Crippen LogP contribution < -0.4 is 20.5 Å². The number of nitrogen functional groups attached to an aromatic ring is 1. The van der Waals surface area contributed by atoms with E-state index < -0.39 is 0 Å². The number of anilines is 1. The van der Waals surface area contributed by atoms with E-state index in [4.69, 9.17) is 31.5 Å². The average molecular weight is 429 g/mol. The second kappa shape index (κ2) is 11.6. The molecule has 0 heterocycles. The highest BCUT2D eigenvalue weighted by Gasteiger charge is 2.15. The normalized spacial score (nSPS) is 10.1. The van der Waals surface area contributed by atoms with E-state index in [1.165, 1.54) is 19.2 Å². The van der Waals surface area contributed by atoms with Gasteiger partial charge in [-0.05, 0) is 31.5 Å². The summed E-state index contributed by atoms with van der Waals surface area (Å²) in [6.07, 6.45) is 0. The quantitative estimate of drug-likeness (QED) is 0.465. The molecule has 0 aliphatic rings. The summed E-state index contributed by atoms with van der Waals surface area (Å²) in [6, 6.07) is 8.87. The molecule has 0 aromatic heterocycles. The number of hydrogen-bond donors (Lipinski definition) is 2. The summed E-state index contributed by atoms with van der Waals surface area (Å²) in [5.74, 6) is 0.776. The molecule has 0 unspecified atom stereocenters. The fraction of sp³-hybridized carbons (Fsp3) is 0.350. The van der Waals surface area contributed by atoms with Crippen molar-refractivity contribution in [3.8, 4) is 11.5 Å². The van der Waals surface area contributed by atoms with Crippen LogP contribution in [0.25, 0.3) is 0 Å². The zero-order valence-corrected chi connectivity index (χ0v) is 17.8. The number of nitrogens with one attached hydrogen (secondary N) is 1. The molecule has 0 atom stereocenters. The molecule has 2 aromatic rings. The molecule has 0 aliphatic heterocycles. The molecule has 1 amide bonds. The fourth-order valence-electron chi connectivity index (χ4n) is 2.48. The lowest BCUT2D eigenvalue weighted by Gasteiger charge is -2.14. The summed E-state index contributed by atoms with van der Waals surface area (Å²) in [5.41, 5.74) is 8.38. The number of carbonyl (C=O) groups excluding carboxylic acids is 1. The number of halogens is 2. The molecular formula is C20H26Cl2N2O4. The van der Waals surface area contributed by atoms with Gasteiger partial charge in [-0.1, -0.05) is 23.7 Å². The third-order valence-corrected chi connectivity index (χ3v) is 4.24. The van der Waals surface area contributed by atoms with Crippen molar-refractivity contribution in [3.63, 3.8) is 0 Å².